The third kappa shape index (κ3) is 5.57. The molecule has 9 nitrogen and oxygen atoms in total. The summed E-state index contributed by atoms with van der Waals surface area (Å²) in [5, 5.41) is 6.55. The fourth-order valence-corrected chi connectivity index (χ4v) is 3.39. The number of halogens is 2. The smallest absolute Gasteiger partial charge is 0.328 e. The fourth-order valence-electron chi connectivity index (χ4n) is 2.60. The minimum atomic E-state index is -0.887. The van der Waals surface area contributed by atoms with Gasteiger partial charge < -0.3 is 14.8 Å². The summed E-state index contributed by atoms with van der Waals surface area (Å²) in [4.78, 5) is 47.0. The van der Waals surface area contributed by atoms with Gasteiger partial charge in [-0.3, -0.25) is 25.0 Å². The van der Waals surface area contributed by atoms with Gasteiger partial charge in [0.25, 0.3) is 17.7 Å². The number of imide groups is 2. The fraction of sp³-hybridized carbons (Fsp3) is 0.100. The van der Waals surface area contributed by atoms with Crippen LogP contribution in [0.25, 0.3) is 6.08 Å². The Balaban J connectivity index is 1.75. The van der Waals surface area contributed by atoms with Gasteiger partial charge in [-0.05, 0) is 70.6 Å². The van der Waals surface area contributed by atoms with Gasteiger partial charge in [0.15, 0.2) is 18.1 Å². The molecule has 1 aliphatic rings. The topological polar surface area (TPSA) is 123 Å². The molecule has 0 radical (unpaired) electrons. The van der Waals surface area contributed by atoms with Crippen LogP contribution >= 0.6 is 22.6 Å². The number of hydrogen-bond donors (Lipinski definition) is 3. The Kier molecular flexibility index (Phi) is 6.84. The molecule has 0 aliphatic carbocycles. The Bertz CT molecular complexity index is 1080. The van der Waals surface area contributed by atoms with E-state index in [2.05, 4.69) is 5.32 Å². The number of methoxy groups -OCH3 is 1. The molecule has 2 aromatic rings. The van der Waals surface area contributed by atoms with Crippen LogP contribution in [0.15, 0.2) is 42.0 Å². The lowest BCUT2D eigenvalue weighted by atomic mass is 10.1. The van der Waals surface area contributed by atoms with Crippen molar-refractivity contribution in [2.75, 3.05) is 19.0 Å². The Morgan fingerprint density at radius 2 is 1.77 bits per heavy atom. The number of barbiturate groups is 1. The van der Waals surface area contributed by atoms with Gasteiger partial charge in [-0.2, -0.15) is 0 Å². The lowest BCUT2D eigenvalue weighted by Gasteiger charge is -2.16. The largest absolute Gasteiger partial charge is 0.493 e. The zero-order chi connectivity index (χ0) is 22.5. The van der Waals surface area contributed by atoms with Crippen LogP contribution in [0.2, 0.25) is 0 Å². The van der Waals surface area contributed by atoms with E-state index in [0.717, 1.165) is 0 Å². The normalized spacial score (nSPS) is 13.3. The van der Waals surface area contributed by atoms with Crippen molar-refractivity contribution < 1.29 is 33.0 Å². The molecule has 0 unspecified atom stereocenters. The summed E-state index contributed by atoms with van der Waals surface area (Å²) in [5.74, 6) is -1.97. The van der Waals surface area contributed by atoms with Crippen LogP contribution in [-0.2, 0) is 14.4 Å². The first-order valence-electron chi connectivity index (χ1n) is 8.71. The van der Waals surface area contributed by atoms with Gasteiger partial charge in [-0.15, -0.1) is 0 Å². The quantitative estimate of drug-likeness (QED) is 0.294. The number of nitrogens with one attached hydrogen (secondary N) is 3. The van der Waals surface area contributed by atoms with Gasteiger partial charge in [0.05, 0.1) is 10.7 Å². The number of benzene rings is 2. The second kappa shape index (κ2) is 9.55. The van der Waals surface area contributed by atoms with Gasteiger partial charge in [-0.1, -0.05) is 0 Å². The van der Waals surface area contributed by atoms with E-state index in [0.29, 0.717) is 14.8 Å². The number of urea groups is 1. The highest BCUT2D eigenvalue weighted by Gasteiger charge is 2.28. The molecule has 0 atom stereocenters. The molecule has 0 aromatic heterocycles. The Morgan fingerprint density at radius 3 is 2.39 bits per heavy atom. The lowest BCUT2D eigenvalue weighted by Crippen LogP contribution is -2.51. The maximum Gasteiger partial charge on any atom is 0.328 e. The highest BCUT2D eigenvalue weighted by Crippen LogP contribution is 2.34. The first kappa shape index (κ1) is 22.2. The van der Waals surface area contributed by atoms with E-state index in [-0.39, 0.29) is 23.7 Å². The molecule has 5 amide bonds. The van der Waals surface area contributed by atoms with Gasteiger partial charge in [0, 0.05) is 5.69 Å². The molecule has 31 heavy (non-hydrogen) atoms. The van der Waals surface area contributed by atoms with Crippen LogP contribution in [0.3, 0.4) is 0 Å². The molecule has 3 N–H and O–H groups in total. The predicted molar refractivity (Wildman–Crippen MR) is 116 cm³/mol. The maximum absolute atomic E-state index is 12.9. The standard InChI is InChI=1S/C20H15FIN3O6/c1-30-15-8-10(6-13-18(27)24-20(29)25-19(13)28)7-14(22)17(15)31-9-16(26)23-12-4-2-11(21)3-5-12/h2-8H,9H2,1H3,(H,23,26)(H2,24,25,27,28,29). The van der Waals surface area contributed by atoms with E-state index in [1.165, 1.54) is 43.5 Å². The third-order valence-corrected chi connectivity index (χ3v) is 4.78. The summed E-state index contributed by atoms with van der Waals surface area (Å²) in [6.07, 6.45) is 1.30. The second-order valence-electron chi connectivity index (χ2n) is 6.17. The molecule has 1 saturated heterocycles. The highest BCUT2D eigenvalue weighted by molar-refractivity contribution is 14.1. The first-order valence-corrected chi connectivity index (χ1v) is 9.79. The molecule has 0 bridgehead atoms. The van der Waals surface area contributed by atoms with Crippen LogP contribution in [0.4, 0.5) is 14.9 Å². The molecule has 11 heteroatoms. The SMILES string of the molecule is COc1cc(C=C2C(=O)NC(=O)NC2=O)cc(I)c1OCC(=O)Nc1ccc(F)cc1. The number of carbonyl (C=O) groups excluding carboxylic acids is 4. The van der Waals surface area contributed by atoms with Gasteiger partial charge in [-0.25, -0.2) is 9.18 Å². The van der Waals surface area contributed by atoms with Crippen LogP contribution < -0.4 is 25.4 Å². The number of rotatable bonds is 6. The van der Waals surface area contributed by atoms with E-state index < -0.39 is 29.6 Å². The van der Waals surface area contributed by atoms with E-state index in [4.69, 9.17) is 9.47 Å². The van der Waals surface area contributed by atoms with Crippen molar-refractivity contribution in [2.24, 2.45) is 0 Å². The number of anilines is 1. The molecule has 160 valence electrons. The molecular formula is C20H15FIN3O6. The van der Waals surface area contributed by atoms with E-state index in [1.54, 1.807) is 6.07 Å². The summed E-state index contributed by atoms with van der Waals surface area (Å²) in [6, 6.07) is 7.52. The van der Waals surface area contributed by atoms with Crippen molar-refractivity contribution in [1.82, 2.24) is 10.6 Å². The van der Waals surface area contributed by atoms with Crippen LogP contribution in [0.1, 0.15) is 5.56 Å². The Labute approximate surface area is 189 Å². The Morgan fingerprint density at radius 1 is 1.13 bits per heavy atom. The van der Waals surface area contributed by atoms with Crippen molar-refractivity contribution in [3.05, 3.63) is 56.9 Å². The molecule has 1 aliphatic heterocycles. The average Bonchev–Trinajstić information content (AvgIpc) is 2.71. The molecule has 3 rings (SSSR count). The lowest BCUT2D eigenvalue weighted by molar-refractivity contribution is -0.124. The second-order valence-corrected chi connectivity index (χ2v) is 7.34. The number of carbonyl (C=O) groups is 4. The zero-order valence-corrected chi connectivity index (χ0v) is 18.1. The summed E-state index contributed by atoms with van der Waals surface area (Å²) in [7, 11) is 1.40. The van der Waals surface area contributed by atoms with Crippen molar-refractivity contribution in [3.63, 3.8) is 0 Å². The maximum atomic E-state index is 12.9. The predicted octanol–water partition coefficient (Wildman–Crippen LogP) is 2.21. The van der Waals surface area contributed by atoms with E-state index in [9.17, 15) is 23.6 Å². The molecular weight excluding hydrogens is 524 g/mol. The molecule has 1 fully saturated rings. The first-order chi connectivity index (χ1) is 14.8. The molecule has 0 spiro atoms. The average molecular weight is 539 g/mol. The monoisotopic (exact) mass is 539 g/mol. The van der Waals surface area contributed by atoms with Crippen molar-refractivity contribution in [3.8, 4) is 11.5 Å². The van der Waals surface area contributed by atoms with Gasteiger partial charge in [0.2, 0.25) is 0 Å². The molecule has 2 aromatic carbocycles. The van der Waals surface area contributed by atoms with Crippen molar-refractivity contribution in [1.29, 1.82) is 0 Å². The highest BCUT2D eigenvalue weighted by atomic mass is 127. The molecule has 0 saturated carbocycles. The van der Waals surface area contributed by atoms with Crippen molar-refractivity contribution in [2.45, 2.75) is 0 Å². The van der Waals surface area contributed by atoms with Crippen molar-refractivity contribution >= 4 is 58.1 Å². The van der Waals surface area contributed by atoms with Gasteiger partial charge >= 0.3 is 6.03 Å². The summed E-state index contributed by atoms with van der Waals surface area (Å²) in [6.45, 7) is -0.336. The third-order valence-electron chi connectivity index (χ3n) is 3.98. The number of hydrogen-bond acceptors (Lipinski definition) is 6. The summed E-state index contributed by atoms with van der Waals surface area (Å²) < 4.78 is 24.4. The van der Waals surface area contributed by atoms with Crippen LogP contribution in [0.5, 0.6) is 11.5 Å². The Hall–Kier alpha value is -3.48. The van der Waals surface area contributed by atoms with E-state index >= 15 is 0 Å². The summed E-state index contributed by atoms with van der Waals surface area (Å²) >= 11 is 1.95. The van der Waals surface area contributed by atoms with E-state index in [1.807, 2.05) is 33.2 Å². The minimum Gasteiger partial charge on any atom is -0.493 e. The number of ether oxygens (including phenoxy) is 2. The van der Waals surface area contributed by atoms with Crippen LogP contribution in [0, 0.1) is 9.39 Å². The summed E-state index contributed by atoms with van der Waals surface area (Å²) in [5.41, 5.74) is 0.616. The zero-order valence-electron chi connectivity index (χ0n) is 16.0. The minimum absolute atomic E-state index is 0.246. The van der Waals surface area contributed by atoms with Gasteiger partial charge in [0.1, 0.15) is 11.4 Å². The molecule has 1 heterocycles. The number of amides is 5. The van der Waals surface area contributed by atoms with Crippen LogP contribution in [-0.4, -0.2) is 37.5 Å².